The molecule has 1 rings (SSSR count). The Kier molecular flexibility index (Phi) is 3.40. The molecule has 13 heavy (non-hydrogen) atoms. The summed E-state index contributed by atoms with van der Waals surface area (Å²) in [6, 6.07) is 7.64. The molecule has 2 N–H and O–H groups in total. The fraction of sp³-hybridized carbons (Fsp3) is 0.200. The van der Waals surface area contributed by atoms with Crippen LogP contribution in [0.1, 0.15) is 18.1 Å². The van der Waals surface area contributed by atoms with E-state index in [1.165, 1.54) is 0 Å². The maximum atomic E-state index is 10.9. The Morgan fingerprint density at radius 3 is 2.62 bits per heavy atom. The Balaban J connectivity index is 3.04. The molecular formula is C10H11NOSe. The summed E-state index contributed by atoms with van der Waals surface area (Å²) in [4.78, 5) is 10.9. The van der Waals surface area contributed by atoms with Crippen molar-refractivity contribution in [2.45, 2.75) is 13.3 Å². The van der Waals surface area contributed by atoms with Gasteiger partial charge in [-0.1, -0.05) is 0 Å². The molecule has 0 fully saturated rings. The molecule has 2 nitrogen and oxygen atoms in total. The third kappa shape index (κ3) is 2.79. The van der Waals surface area contributed by atoms with Crippen LogP contribution in [0.3, 0.4) is 0 Å². The molecule has 0 aliphatic rings. The summed E-state index contributed by atoms with van der Waals surface area (Å²) in [5.74, 6) is 0.147. The number of hydrogen-bond donors (Lipinski definition) is 1. The van der Waals surface area contributed by atoms with E-state index in [1.54, 1.807) is 6.92 Å². The van der Waals surface area contributed by atoms with Crippen molar-refractivity contribution in [2.24, 2.45) is 5.73 Å². The summed E-state index contributed by atoms with van der Waals surface area (Å²) < 4.78 is 0.636. The van der Waals surface area contributed by atoms with Crippen LogP contribution in [0.25, 0.3) is 0 Å². The van der Waals surface area contributed by atoms with Gasteiger partial charge in [-0.05, 0) is 0 Å². The van der Waals surface area contributed by atoms with Crippen LogP contribution >= 0.6 is 0 Å². The summed E-state index contributed by atoms with van der Waals surface area (Å²) in [6.07, 6.45) is 0.443. The second-order valence-corrected chi connectivity index (χ2v) is 3.82. The first kappa shape index (κ1) is 10.2. The predicted molar refractivity (Wildman–Crippen MR) is 54.9 cm³/mol. The summed E-state index contributed by atoms with van der Waals surface area (Å²) in [5.41, 5.74) is 7.55. The molecule has 1 aromatic rings. The van der Waals surface area contributed by atoms with Gasteiger partial charge < -0.3 is 0 Å². The minimum atomic E-state index is 0.147. The molecule has 0 radical (unpaired) electrons. The molecule has 0 saturated carbocycles. The fourth-order valence-corrected chi connectivity index (χ4v) is 1.60. The van der Waals surface area contributed by atoms with Crippen molar-refractivity contribution in [2.75, 3.05) is 0 Å². The van der Waals surface area contributed by atoms with Gasteiger partial charge in [0, 0.05) is 0 Å². The number of ketones is 1. The van der Waals surface area contributed by atoms with Crippen LogP contribution in [0.5, 0.6) is 0 Å². The standard InChI is InChI=1S/C10H11NOSe/c1-7(12)6-8-4-2-3-5-9(8)10(11)13/h2-5H,6H2,1H3,(H2,11,13). The van der Waals surface area contributed by atoms with Gasteiger partial charge in [0.25, 0.3) is 0 Å². The normalized spacial score (nSPS) is 9.62. The molecule has 1 aromatic carbocycles. The van der Waals surface area contributed by atoms with Gasteiger partial charge in [0.15, 0.2) is 0 Å². The fourth-order valence-electron chi connectivity index (χ4n) is 1.18. The first-order chi connectivity index (χ1) is 6.11. The Morgan fingerprint density at radius 1 is 1.46 bits per heavy atom. The van der Waals surface area contributed by atoms with E-state index in [-0.39, 0.29) is 5.78 Å². The van der Waals surface area contributed by atoms with Crippen molar-refractivity contribution in [3.05, 3.63) is 35.4 Å². The van der Waals surface area contributed by atoms with Gasteiger partial charge >= 0.3 is 85.2 Å². The van der Waals surface area contributed by atoms with E-state index in [4.69, 9.17) is 5.73 Å². The van der Waals surface area contributed by atoms with Crippen LogP contribution in [0.15, 0.2) is 24.3 Å². The van der Waals surface area contributed by atoms with Crippen molar-refractivity contribution in [3.63, 3.8) is 0 Å². The van der Waals surface area contributed by atoms with Gasteiger partial charge in [-0.15, -0.1) is 0 Å². The Morgan fingerprint density at radius 2 is 2.08 bits per heavy atom. The summed E-state index contributed by atoms with van der Waals surface area (Å²) in [5, 5.41) is 0. The second kappa shape index (κ2) is 4.35. The van der Waals surface area contributed by atoms with E-state index in [0.717, 1.165) is 11.1 Å². The molecule has 0 spiro atoms. The van der Waals surface area contributed by atoms with Crippen molar-refractivity contribution >= 4 is 25.9 Å². The topological polar surface area (TPSA) is 43.1 Å². The van der Waals surface area contributed by atoms with Crippen LogP contribution < -0.4 is 5.73 Å². The Bertz CT molecular complexity index is 347. The van der Waals surface area contributed by atoms with E-state index < -0.39 is 0 Å². The van der Waals surface area contributed by atoms with Crippen molar-refractivity contribution in [1.82, 2.24) is 0 Å². The Hall–Kier alpha value is -0.921. The molecule has 0 bridgehead atoms. The summed E-state index contributed by atoms with van der Waals surface area (Å²) in [6.45, 7) is 1.58. The van der Waals surface area contributed by atoms with Crippen LogP contribution in [0.4, 0.5) is 0 Å². The number of benzene rings is 1. The van der Waals surface area contributed by atoms with Crippen LogP contribution in [0.2, 0.25) is 0 Å². The SMILES string of the molecule is CC(=O)Cc1ccccc1C(N)=[Se]. The van der Waals surface area contributed by atoms with Crippen molar-refractivity contribution in [3.8, 4) is 0 Å². The molecule has 0 atom stereocenters. The zero-order valence-electron chi connectivity index (χ0n) is 7.41. The number of carbonyl (C=O) groups excluding carboxylic acids is 1. The van der Waals surface area contributed by atoms with Gasteiger partial charge in [0.2, 0.25) is 0 Å². The first-order valence-electron chi connectivity index (χ1n) is 3.98. The van der Waals surface area contributed by atoms with Crippen LogP contribution in [-0.4, -0.2) is 25.9 Å². The molecule has 0 amide bonds. The zero-order chi connectivity index (χ0) is 9.84. The summed E-state index contributed by atoms with van der Waals surface area (Å²) in [7, 11) is 0. The third-order valence-electron chi connectivity index (χ3n) is 1.72. The van der Waals surface area contributed by atoms with Gasteiger partial charge in [0.1, 0.15) is 0 Å². The second-order valence-electron chi connectivity index (χ2n) is 2.90. The molecule has 68 valence electrons. The van der Waals surface area contributed by atoms with Crippen LogP contribution in [-0.2, 0) is 11.2 Å². The van der Waals surface area contributed by atoms with E-state index in [9.17, 15) is 4.79 Å². The van der Waals surface area contributed by atoms with Crippen molar-refractivity contribution in [1.29, 1.82) is 0 Å². The maximum absolute atomic E-state index is 10.9. The average Bonchev–Trinajstić information content (AvgIpc) is 2.03. The number of Topliss-reactive ketones (excluding diaryl/α,β-unsaturated/α-hetero) is 1. The van der Waals surface area contributed by atoms with Gasteiger partial charge in [-0.3, -0.25) is 0 Å². The number of rotatable bonds is 3. The van der Waals surface area contributed by atoms with Crippen LogP contribution in [0, 0.1) is 0 Å². The third-order valence-corrected chi connectivity index (χ3v) is 2.18. The van der Waals surface area contributed by atoms with Gasteiger partial charge in [-0.2, -0.15) is 0 Å². The predicted octanol–water partition coefficient (Wildman–Crippen LogP) is 0.423. The number of nitrogens with two attached hydrogens (primary N) is 1. The molecule has 0 saturated heterocycles. The van der Waals surface area contributed by atoms with E-state index in [1.807, 2.05) is 24.3 Å². The molecule has 0 unspecified atom stereocenters. The van der Waals surface area contributed by atoms with E-state index in [0.29, 0.717) is 11.0 Å². The first-order valence-corrected chi connectivity index (χ1v) is 4.84. The molecule has 0 aliphatic heterocycles. The van der Waals surface area contributed by atoms with E-state index >= 15 is 0 Å². The molecule has 0 heterocycles. The quantitative estimate of drug-likeness (QED) is 0.778. The molecular weight excluding hydrogens is 229 g/mol. The Labute approximate surface area is 85.5 Å². The molecule has 0 aliphatic carbocycles. The van der Waals surface area contributed by atoms with Gasteiger partial charge in [-0.25, -0.2) is 0 Å². The number of carbonyl (C=O) groups is 1. The zero-order valence-corrected chi connectivity index (χ0v) is 9.12. The number of hydrogen-bond acceptors (Lipinski definition) is 2. The monoisotopic (exact) mass is 241 g/mol. The summed E-state index contributed by atoms with van der Waals surface area (Å²) >= 11 is 2.75. The average molecular weight is 240 g/mol. The van der Waals surface area contributed by atoms with Crippen molar-refractivity contribution < 1.29 is 4.79 Å². The minimum absolute atomic E-state index is 0.147. The molecule has 0 aromatic heterocycles. The molecule has 3 heteroatoms. The van der Waals surface area contributed by atoms with Gasteiger partial charge in [0.05, 0.1) is 0 Å². The van der Waals surface area contributed by atoms with E-state index in [2.05, 4.69) is 15.6 Å².